The lowest BCUT2D eigenvalue weighted by Gasteiger charge is -2.39. The fourth-order valence-corrected chi connectivity index (χ4v) is 4.07. The van der Waals surface area contributed by atoms with Gasteiger partial charge in [0, 0.05) is 0 Å². The van der Waals surface area contributed by atoms with Crippen LogP contribution in [0.15, 0.2) is 11.6 Å². The van der Waals surface area contributed by atoms with Crippen molar-refractivity contribution in [1.82, 2.24) is 0 Å². The summed E-state index contributed by atoms with van der Waals surface area (Å²) in [5.41, 5.74) is 1.41. The van der Waals surface area contributed by atoms with Crippen LogP contribution in [0.1, 0.15) is 78.1 Å². The Morgan fingerprint density at radius 2 is 1.95 bits per heavy atom. The molecule has 1 atom stereocenters. The van der Waals surface area contributed by atoms with Crippen LogP contribution in [0.5, 0.6) is 0 Å². The minimum absolute atomic E-state index is 0.0804. The van der Waals surface area contributed by atoms with E-state index in [1.54, 1.807) is 0 Å². The van der Waals surface area contributed by atoms with Gasteiger partial charge in [0.2, 0.25) is 0 Å². The molecule has 0 amide bonds. The van der Waals surface area contributed by atoms with Crippen LogP contribution < -0.4 is 0 Å². The first-order valence-corrected chi connectivity index (χ1v) is 8.34. The second kappa shape index (κ2) is 6.60. The van der Waals surface area contributed by atoms with E-state index >= 15 is 0 Å². The van der Waals surface area contributed by atoms with E-state index in [9.17, 15) is 5.26 Å². The molecular weight excluding hydrogens is 230 g/mol. The summed E-state index contributed by atoms with van der Waals surface area (Å²) < 4.78 is 0. The maximum absolute atomic E-state index is 9.74. The van der Waals surface area contributed by atoms with E-state index in [1.807, 2.05) is 0 Å². The van der Waals surface area contributed by atoms with E-state index in [0.717, 1.165) is 24.7 Å². The Bertz CT molecular complexity index is 352. The molecule has 0 aliphatic heterocycles. The summed E-state index contributed by atoms with van der Waals surface area (Å²) >= 11 is 0. The lowest BCUT2D eigenvalue weighted by atomic mass is 9.64. The first-order chi connectivity index (χ1) is 9.24. The molecule has 0 radical (unpaired) electrons. The van der Waals surface area contributed by atoms with Crippen LogP contribution in [0.25, 0.3) is 0 Å². The SMILES string of the molecule is CCCC1CCC(C#N)(C2=CC[C@H](CC)CC2)CC1. The Labute approximate surface area is 119 Å². The third kappa shape index (κ3) is 3.22. The van der Waals surface area contributed by atoms with Crippen molar-refractivity contribution < 1.29 is 0 Å². The van der Waals surface area contributed by atoms with Gasteiger partial charge in [0.1, 0.15) is 0 Å². The molecule has 0 bridgehead atoms. The van der Waals surface area contributed by atoms with E-state index in [2.05, 4.69) is 26.0 Å². The summed E-state index contributed by atoms with van der Waals surface area (Å²) in [5, 5.41) is 9.74. The van der Waals surface area contributed by atoms with Crippen molar-refractivity contribution in [1.29, 1.82) is 5.26 Å². The van der Waals surface area contributed by atoms with Crippen molar-refractivity contribution in [2.75, 3.05) is 0 Å². The van der Waals surface area contributed by atoms with Crippen molar-refractivity contribution in [2.45, 2.75) is 78.1 Å². The van der Waals surface area contributed by atoms with Crippen molar-refractivity contribution in [3.8, 4) is 6.07 Å². The summed E-state index contributed by atoms with van der Waals surface area (Å²) in [6, 6.07) is 2.71. The van der Waals surface area contributed by atoms with Gasteiger partial charge in [0.05, 0.1) is 11.5 Å². The highest BCUT2D eigenvalue weighted by Gasteiger charge is 2.39. The molecule has 19 heavy (non-hydrogen) atoms. The maximum Gasteiger partial charge on any atom is 0.0782 e. The molecular formula is C18H29N. The van der Waals surface area contributed by atoms with Gasteiger partial charge in [-0.25, -0.2) is 0 Å². The second-order valence-corrected chi connectivity index (χ2v) is 6.70. The number of nitriles is 1. The lowest BCUT2D eigenvalue weighted by molar-refractivity contribution is 0.224. The Kier molecular flexibility index (Phi) is 5.08. The number of nitrogens with zero attached hydrogens (tertiary/aromatic N) is 1. The third-order valence-electron chi connectivity index (χ3n) is 5.58. The van der Waals surface area contributed by atoms with Crippen molar-refractivity contribution in [3.63, 3.8) is 0 Å². The number of hydrogen-bond donors (Lipinski definition) is 0. The number of hydrogen-bond acceptors (Lipinski definition) is 1. The first kappa shape index (κ1) is 14.6. The number of allylic oxidation sites excluding steroid dienone is 2. The monoisotopic (exact) mass is 259 g/mol. The van der Waals surface area contributed by atoms with Gasteiger partial charge < -0.3 is 0 Å². The predicted octanol–water partition coefficient (Wildman–Crippen LogP) is 5.62. The van der Waals surface area contributed by atoms with Gasteiger partial charge in [-0.1, -0.05) is 44.8 Å². The Morgan fingerprint density at radius 3 is 2.42 bits per heavy atom. The molecule has 0 unspecified atom stereocenters. The molecule has 2 aliphatic carbocycles. The molecule has 1 heteroatoms. The second-order valence-electron chi connectivity index (χ2n) is 6.70. The van der Waals surface area contributed by atoms with E-state index < -0.39 is 0 Å². The average molecular weight is 259 g/mol. The van der Waals surface area contributed by atoms with Crippen LogP contribution in [0.3, 0.4) is 0 Å². The van der Waals surface area contributed by atoms with Crippen LogP contribution >= 0.6 is 0 Å². The Hall–Kier alpha value is -0.770. The van der Waals surface area contributed by atoms with Crippen LogP contribution in [0.2, 0.25) is 0 Å². The molecule has 1 fully saturated rings. The first-order valence-electron chi connectivity index (χ1n) is 8.34. The summed E-state index contributed by atoms with van der Waals surface area (Å²) in [5.74, 6) is 1.76. The van der Waals surface area contributed by atoms with Crippen molar-refractivity contribution in [3.05, 3.63) is 11.6 Å². The zero-order valence-corrected chi connectivity index (χ0v) is 12.8. The van der Waals surface area contributed by atoms with E-state index in [1.165, 1.54) is 56.9 Å². The molecule has 0 N–H and O–H groups in total. The molecule has 0 saturated heterocycles. The molecule has 106 valence electrons. The topological polar surface area (TPSA) is 23.8 Å². The summed E-state index contributed by atoms with van der Waals surface area (Å²) in [7, 11) is 0. The summed E-state index contributed by atoms with van der Waals surface area (Å²) in [6.07, 6.45) is 14.9. The van der Waals surface area contributed by atoms with Crippen LogP contribution in [-0.4, -0.2) is 0 Å². The van der Waals surface area contributed by atoms with E-state index in [4.69, 9.17) is 0 Å². The number of rotatable bonds is 4. The summed E-state index contributed by atoms with van der Waals surface area (Å²) in [4.78, 5) is 0. The highest BCUT2D eigenvalue weighted by atomic mass is 14.4. The molecule has 0 aromatic rings. The van der Waals surface area contributed by atoms with Gasteiger partial charge >= 0.3 is 0 Å². The molecule has 1 nitrogen and oxygen atoms in total. The predicted molar refractivity (Wildman–Crippen MR) is 80.6 cm³/mol. The Morgan fingerprint density at radius 1 is 1.21 bits per heavy atom. The molecule has 2 aliphatic rings. The quantitative estimate of drug-likeness (QED) is 0.601. The zero-order valence-electron chi connectivity index (χ0n) is 12.8. The van der Waals surface area contributed by atoms with Gasteiger partial charge in [0.25, 0.3) is 0 Å². The minimum atomic E-state index is -0.0804. The molecule has 0 aromatic carbocycles. The Balaban J connectivity index is 2.01. The lowest BCUT2D eigenvalue weighted by Crippen LogP contribution is -2.29. The van der Waals surface area contributed by atoms with Gasteiger partial charge in [0.15, 0.2) is 0 Å². The normalized spacial score (nSPS) is 35.5. The standard InChI is InChI=1S/C18H29N/c1-3-5-16-10-12-18(14-19,13-11-16)17-8-6-15(4-2)7-9-17/h8,15-16H,3-7,9-13H2,1-2H3/t15-,16?,18?/m0/s1. The van der Waals surface area contributed by atoms with Crippen LogP contribution in [-0.2, 0) is 0 Å². The fraction of sp³-hybridized carbons (Fsp3) is 0.833. The molecule has 1 saturated carbocycles. The fourth-order valence-electron chi connectivity index (χ4n) is 4.07. The summed E-state index contributed by atoms with van der Waals surface area (Å²) in [6.45, 7) is 4.57. The van der Waals surface area contributed by atoms with Crippen molar-refractivity contribution in [2.24, 2.45) is 17.3 Å². The minimum Gasteiger partial charge on any atom is -0.197 e. The van der Waals surface area contributed by atoms with Crippen molar-refractivity contribution >= 4 is 0 Å². The zero-order chi connectivity index (χ0) is 13.7. The van der Waals surface area contributed by atoms with Gasteiger partial charge in [-0.2, -0.15) is 5.26 Å². The van der Waals surface area contributed by atoms with Gasteiger partial charge in [-0.05, 0) is 56.8 Å². The highest BCUT2D eigenvalue weighted by Crippen LogP contribution is 2.48. The van der Waals surface area contributed by atoms with Crippen LogP contribution in [0.4, 0.5) is 0 Å². The molecule has 0 aromatic heterocycles. The van der Waals surface area contributed by atoms with Crippen LogP contribution in [0, 0.1) is 28.6 Å². The third-order valence-corrected chi connectivity index (χ3v) is 5.58. The highest BCUT2D eigenvalue weighted by molar-refractivity contribution is 5.26. The van der Waals surface area contributed by atoms with Gasteiger partial charge in [-0.3, -0.25) is 0 Å². The smallest absolute Gasteiger partial charge is 0.0782 e. The largest absolute Gasteiger partial charge is 0.197 e. The van der Waals surface area contributed by atoms with E-state index in [-0.39, 0.29) is 5.41 Å². The van der Waals surface area contributed by atoms with E-state index in [0.29, 0.717) is 0 Å². The maximum atomic E-state index is 9.74. The molecule has 0 spiro atoms. The molecule has 2 rings (SSSR count). The average Bonchev–Trinajstić information content (AvgIpc) is 2.49. The van der Waals surface area contributed by atoms with Gasteiger partial charge in [-0.15, -0.1) is 0 Å². The molecule has 0 heterocycles.